The molecule has 134 valence electrons. The monoisotopic (exact) mass is 359 g/mol. The number of benzene rings is 1. The van der Waals surface area contributed by atoms with Crippen molar-refractivity contribution in [1.82, 2.24) is 15.4 Å². The maximum atomic E-state index is 11.5. The van der Waals surface area contributed by atoms with Crippen LogP contribution in [0, 0.1) is 0 Å². The highest BCUT2D eigenvalue weighted by Gasteiger charge is 2.05. The van der Waals surface area contributed by atoms with E-state index in [0.717, 1.165) is 5.56 Å². The normalized spacial score (nSPS) is 11.4. The summed E-state index contributed by atoms with van der Waals surface area (Å²) >= 11 is 0. The number of aliphatic imine (C=N–C) groups is 1. The zero-order valence-electron chi connectivity index (χ0n) is 14.6. The van der Waals surface area contributed by atoms with Gasteiger partial charge < -0.3 is 4.74 Å². The first kappa shape index (κ1) is 17.9. The van der Waals surface area contributed by atoms with Crippen LogP contribution in [0.3, 0.4) is 0 Å². The number of esters is 1. The van der Waals surface area contributed by atoms with Crippen molar-refractivity contribution >= 4 is 23.8 Å². The standard InChI is InChI=1S/C20H17N5O2/c1-27-20(26)16-10-8-15(9-11-16)14-23-25-19(17-6-2-4-12-21-17)24-18-7-3-5-13-22-18/h2-14H,1H3,(H,22,24,25). The van der Waals surface area contributed by atoms with E-state index in [9.17, 15) is 4.79 Å². The summed E-state index contributed by atoms with van der Waals surface area (Å²) in [4.78, 5) is 24.4. The summed E-state index contributed by atoms with van der Waals surface area (Å²) in [5.74, 6) is 0.636. The van der Waals surface area contributed by atoms with Gasteiger partial charge in [0, 0.05) is 12.4 Å². The predicted molar refractivity (Wildman–Crippen MR) is 103 cm³/mol. The van der Waals surface area contributed by atoms with Gasteiger partial charge in [-0.05, 0) is 42.0 Å². The number of amidine groups is 1. The van der Waals surface area contributed by atoms with E-state index >= 15 is 0 Å². The Morgan fingerprint density at radius 1 is 1.00 bits per heavy atom. The molecular formula is C20H17N5O2. The lowest BCUT2D eigenvalue weighted by Gasteiger charge is -2.05. The van der Waals surface area contributed by atoms with Crippen LogP contribution >= 0.6 is 0 Å². The molecule has 0 bridgehead atoms. The van der Waals surface area contributed by atoms with Crippen LogP contribution in [0.5, 0.6) is 0 Å². The summed E-state index contributed by atoms with van der Waals surface area (Å²) in [6, 6.07) is 17.9. The van der Waals surface area contributed by atoms with Crippen LogP contribution in [0.15, 0.2) is 83.2 Å². The fraction of sp³-hybridized carbons (Fsp3) is 0.0500. The number of methoxy groups -OCH3 is 1. The highest BCUT2D eigenvalue weighted by Crippen LogP contribution is 2.08. The number of aromatic nitrogens is 2. The number of nitrogens with one attached hydrogen (secondary N) is 1. The lowest BCUT2D eigenvalue weighted by Crippen LogP contribution is -2.20. The lowest BCUT2D eigenvalue weighted by molar-refractivity contribution is 0.0600. The second-order valence-electron chi connectivity index (χ2n) is 5.35. The van der Waals surface area contributed by atoms with Gasteiger partial charge >= 0.3 is 5.97 Å². The molecule has 2 aromatic heterocycles. The fourth-order valence-corrected chi connectivity index (χ4v) is 2.17. The smallest absolute Gasteiger partial charge is 0.337 e. The van der Waals surface area contributed by atoms with Crippen LogP contribution in [0.1, 0.15) is 21.6 Å². The zero-order valence-corrected chi connectivity index (χ0v) is 14.6. The summed E-state index contributed by atoms with van der Waals surface area (Å²) in [6.45, 7) is 0. The van der Waals surface area contributed by atoms with Crippen LogP contribution < -0.4 is 5.43 Å². The van der Waals surface area contributed by atoms with E-state index in [1.165, 1.54) is 7.11 Å². The van der Waals surface area contributed by atoms with Gasteiger partial charge in [0.2, 0.25) is 0 Å². The minimum Gasteiger partial charge on any atom is -0.465 e. The first-order valence-electron chi connectivity index (χ1n) is 8.15. The molecule has 0 unspecified atom stereocenters. The molecule has 0 radical (unpaired) electrons. The van der Waals surface area contributed by atoms with Crippen molar-refractivity contribution in [2.24, 2.45) is 10.1 Å². The summed E-state index contributed by atoms with van der Waals surface area (Å²) < 4.78 is 4.68. The van der Waals surface area contributed by atoms with Gasteiger partial charge in [-0.2, -0.15) is 5.10 Å². The van der Waals surface area contributed by atoms with E-state index in [1.807, 2.05) is 30.3 Å². The Morgan fingerprint density at radius 3 is 2.37 bits per heavy atom. The number of nitrogens with zero attached hydrogens (tertiary/aromatic N) is 4. The van der Waals surface area contributed by atoms with E-state index in [2.05, 4.69) is 30.2 Å². The third-order valence-corrected chi connectivity index (χ3v) is 3.50. The van der Waals surface area contributed by atoms with E-state index < -0.39 is 0 Å². The highest BCUT2D eigenvalue weighted by molar-refractivity contribution is 5.99. The van der Waals surface area contributed by atoms with Gasteiger partial charge in [0.15, 0.2) is 11.7 Å². The summed E-state index contributed by atoms with van der Waals surface area (Å²) in [6.07, 6.45) is 4.97. The number of pyridine rings is 2. The van der Waals surface area contributed by atoms with E-state index in [1.54, 1.807) is 48.9 Å². The van der Waals surface area contributed by atoms with Crippen molar-refractivity contribution in [1.29, 1.82) is 0 Å². The average molecular weight is 359 g/mol. The van der Waals surface area contributed by atoms with Gasteiger partial charge in [0.05, 0.1) is 18.9 Å². The average Bonchev–Trinajstić information content (AvgIpc) is 2.74. The van der Waals surface area contributed by atoms with E-state index in [-0.39, 0.29) is 5.97 Å². The highest BCUT2D eigenvalue weighted by atomic mass is 16.5. The molecule has 0 spiro atoms. The third kappa shape index (κ3) is 5.05. The zero-order chi connectivity index (χ0) is 18.9. The molecular weight excluding hydrogens is 342 g/mol. The molecule has 3 aromatic rings. The molecule has 0 aliphatic carbocycles. The number of hydrazone groups is 1. The molecule has 0 amide bonds. The Morgan fingerprint density at radius 2 is 1.74 bits per heavy atom. The largest absolute Gasteiger partial charge is 0.465 e. The molecule has 7 nitrogen and oxygen atoms in total. The quantitative estimate of drug-likeness (QED) is 0.327. The van der Waals surface area contributed by atoms with Crippen LogP contribution in [-0.2, 0) is 4.74 Å². The molecule has 2 heterocycles. The Bertz CT molecular complexity index is 939. The second-order valence-corrected chi connectivity index (χ2v) is 5.35. The Labute approximate surface area is 156 Å². The van der Waals surface area contributed by atoms with Crippen molar-refractivity contribution in [2.75, 3.05) is 7.11 Å². The number of ether oxygens (including phenoxy) is 1. The van der Waals surface area contributed by atoms with Crippen LogP contribution in [-0.4, -0.2) is 35.1 Å². The predicted octanol–water partition coefficient (Wildman–Crippen LogP) is 2.97. The maximum Gasteiger partial charge on any atom is 0.337 e. The Hall–Kier alpha value is -3.87. The lowest BCUT2D eigenvalue weighted by atomic mass is 10.1. The van der Waals surface area contributed by atoms with Crippen molar-refractivity contribution in [2.45, 2.75) is 0 Å². The van der Waals surface area contributed by atoms with Crippen molar-refractivity contribution in [3.05, 3.63) is 89.9 Å². The minimum absolute atomic E-state index is 0.378. The number of carbonyl (C=O) groups is 1. The number of rotatable bonds is 5. The SMILES string of the molecule is COC(=O)c1ccc(C=NNC(=Nc2ccccn2)c2ccccn2)cc1. The van der Waals surface area contributed by atoms with Crippen molar-refractivity contribution in [3.63, 3.8) is 0 Å². The summed E-state index contributed by atoms with van der Waals surface area (Å²) in [7, 11) is 1.35. The molecule has 0 aliphatic heterocycles. The number of carbonyl (C=O) groups excluding carboxylic acids is 1. The molecule has 0 saturated heterocycles. The molecule has 0 saturated carbocycles. The molecule has 1 N–H and O–H groups in total. The Kier molecular flexibility index (Phi) is 5.98. The van der Waals surface area contributed by atoms with Gasteiger partial charge in [-0.15, -0.1) is 0 Å². The Balaban J connectivity index is 1.78. The van der Waals surface area contributed by atoms with Gasteiger partial charge in [-0.25, -0.2) is 14.8 Å². The first-order valence-corrected chi connectivity index (χ1v) is 8.15. The molecule has 0 aliphatic rings. The summed E-state index contributed by atoms with van der Waals surface area (Å²) in [5, 5.41) is 4.22. The van der Waals surface area contributed by atoms with Crippen LogP contribution in [0.2, 0.25) is 0 Å². The molecule has 3 rings (SSSR count). The third-order valence-electron chi connectivity index (χ3n) is 3.50. The van der Waals surface area contributed by atoms with E-state index in [4.69, 9.17) is 0 Å². The van der Waals surface area contributed by atoms with Crippen molar-refractivity contribution < 1.29 is 9.53 Å². The fourth-order valence-electron chi connectivity index (χ4n) is 2.17. The molecule has 0 atom stereocenters. The second kappa shape index (κ2) is 9.00. The van der Waals surface area contributed by atoms with Crippen molar-refractivity contribution in [3.8, 4) is 0 Å². The van der Waals surface area contributed by atoms with Gasteiger partial charge in [-0.3, -0.25) is 10.4 Å². The van der Waals surface area contributed by atoms with Gasteiger partial charge in [0.1, 0.15) is 5.69 Å². The van der Waals surface area contributed by atoms with E-state index in [0.29, 0.717) is 22.9 Å². The van der Waals surface area contributed by atoms with Crippen LogP contribution in [0.4, 0.5) is 5.82 Å². The number of hydrogen-bond donors (Lipinski definition) is 1. The van der Waals surface area contributed by atoms with Gasteiger partial charge in [-0.1, -0.05) is 24.3 Å². The maximum absolute atomic E-state index is 11.5. The molecule has 1 aromatic carbocycles. The minimum atomic E-state index is -0.378. The molecule has 7 heteroatoms. The summed E-state index contributed by atoms with van der Waals surface area (Å²) in [5.41, 5.74) is 4.84. The number of hydrogen-bond acceptors (Lipinski definition) is 6. The first-order chi connectivity index (χ1) is 13.3. The topological polar surface area (TPSA) is 88.8 Å². The van der Waals surface area contributed by atoms with Gasteiger partial charge in [0.25, 0.3) is 0 Å². The molecule has 0 fully saturated rings. The van der Waals surface area contributed by atoms with Crippen LogP contribution in [0.25, 0.3) is 0 Å². The molecule has 27 heavy (non-hydrogen) atoms.